The van der Waals surface area contributed by atoms with Crippen LogP contribution < -0.4 is 0 Å². The van der Waals surface area contributed by atoms with Crippen molar-refractivity contribution >= 4 is 17.9 Å². The summed E-state index contributed by atoms with van der Waals surface area (Å²) >= 11 is 0. The van der Waals surface area contributed by atoms with Gasteiger partial charge in [-0.05, 0) is 96.3 Å². The molecule has 80 heavy (non-hydrogen) atoms. The Morgan fingerprint density at radius 2 is 0.487 bits per heavy atom. The molecule has 0 aromatic heterocycles. The molecule has 6 nitrogen and oxygen atoms in total. The molecular weight excluding hydrogens is 985 g/mol. The molecule has 0 aliphatic carbocycles. The molecule has 0 bridgehead atoms. The quantitative estimate of drug-likeness (QED) is 0.0261. The first-order valence-electron chi connectivity index (χ1n) is 34.6. The minimum atomic E-state index is -0.775. The number of unbranched alkanes of at least 4 members (excludes halogenated alkanes) is 38. The van der Waals surface area contributed by atoms with Crippen molar-refractivity contribution in [2.24, 2.45) is 0 Å². The summed E-state index contributed by atoms with van der Waals surface area (Å²) in [5.74, 6) is -0.860. The number of ether oxygens (including phenoxy) is 3. The van der Waals surface area contributed by atoms with Gasteiger partial charge in [-0.1, -0.05) is 318 Å². The fourth-order valence-electron chi connectivity index (χ4n) is 9.97. The lowest BCUT2D eigenvalue weighted by molar-refractivity contribution is -0.167. The Kier molecular flexibility index (Phi) is 65.2. The molecule has 6 heteroatoms. The molecule has 0 fully saturated rings. The van der Waals surface area contributed by atoms with Gasteiger partial charge in [0.1, 0.15) is 13.2 Å². The van der Waals surface area contributed by atoms with Crippen LogP contribution in [0.25, 0.3) is 0 Å². The summed E-state index contributed by atoms with van der Waals surface area (Å²) in [6.45, 7) is 6.53. The van der Waals surface area contributed by atoms with Crippen LogP contribution in [-0.2, 0) is 28.6 Å². The molecule has 0 aliphatic rings. The monoisotopic (exact) mass is 1110 g/mol. The molecule has 0 radical (unpaired) electrons. The summed E-state index contributed by atoms with van der Waals surface area (Å²) in [7, 11) is 0. The number of allylic oxidation sites excluding steroid dienone is 14. The van der Waals surface area contributed by atoms with Crippen molar-refractivity contribution in [2.75, 3.05) is 13.2 Å². The van der Waals surface area contributed by atoms with Crippen molar-refractivity contribution in [3.63, 3.8) is 0 Å². The van der Waals surface area contributed by atoms with Crippen molar-refractivity contribution in [2.45, 2.75) is 354 Å². The maximum Gasteiger partial charge on any atom is 0.306 e. The lowest BCUT2D eigenvalue weighted by Crippen LogP contribution is -2.30. The highest BCUT2D eigenvalue weighted by Crippen LogP contribution is 2.17. The molecule has 0 saturated heterocycles. The smallest absolute Gasteiger partial charge is 0.306 e. The Hall–Kier alpha value is -3.41. The number of carbonyl (C=O) groups excluding carboxylic acids is 3. The van der Waals surface area contributed by atoms with Crippen molar-refractivity contribution < 1.29 is 28.6 Å². The van der Waals surface area contributed by atoms with Crippen molar-refractivity contribution in [3.8, 4) is 0 Å². The highest BCUT2D eigenvalue weighted by molar-refractivity contribution is 5.71. The van der Waals surface area contributed by atoms with Crippen LogP contribution in [0.2, 0.25) is 0 Å². The van der Waals surface area contributed by atoms with Crippen LogP contribution >= 0.6 is 0 Å². The van der Waals surface area contributed by atoms with Gasteiger partial charge in [0, 0.05) is 19.3 Å². The van der Waals surface area contributed by atoms with Crippen LogP contribution in [0.15, 0.2) is 85.1 Å². The second kappa shape index (κ2) is 68.1. The summed E-state index contributed by atoms with van der Waals surface area (Å²) in [4.78, 5) is 38.3. The number of carbonyl (C=O) groups is 3. The topological polar surface area (TPSA) is 78.9 Å². The minimum Gasteiger partial charge on any atom is -0.462 e. The fourth-order valence-corrected chi connectivity index (χ4v) is 9.97. The minimum absolute atomic E-state index is 0.0727. The van der Waals surface area contributed by atoms with E-state index in [1.807, 2.05) is 0 Å². The zero-order valence-corrected chi connectivity index (χ0v) is 53.1. The van der Waals surface area contributed by atoms with Gasteiger partial charge in [-0.25, -0.2) is 0 Å². The van der Waals surface area contributed by atoms with Crippen LogP contribution in [0.4, 0.5) is 0 Å². The van der Waals surface area contributed by atoms with Crippen LogP contribution in [0.5, 0.6) is 0 Å². The molecule has 0 aromatic rings. The molecule has 0 rings (SSSR count). The molecule has 0 N–H and O–H groups in total. The van der Waals surface area contributed by atoms with Gasteiger partial charge in [0.2, 0.25) is 0 Å². The second-order valence-corrected chi connectivity index (χ2v) is 23.1. The van der Waals surface area contributed by atoms with E-state index in [9.17, 15) is 14.4 Å². The fraction of sp³-hybridized carbons (Fsp3) is 0.770. The summed E-state index contributed by atoms with van der Waals surface area (Å²) in [5, 5.41) is 0. The Morgan fingerprint density at radius 1 is 0.263 bits per heavy atom. The molecular formula is C74H130O6. The average Bonchev–Trinajstić information content (AvgIpc) is 3.46. The third-order valence-corrected chi connectivity index (χ3v) is 15.1. The van der Waals surface area contributed by atoms with Gasteiger partial charge in [0.25, 0.3) is 0 Å². The van der Waals surface area contributed by atoms with Crippen molar-refractivity contribution in [1.82, 2.24) is 0 Å². The normalized spacial score (nSPS) is 12.6. The zero-order chi connectivity index (χ0) is 57.8. The van der Waals surface area contributed by atoms with E-state index in [-0.39, 0.29) is 31.1 Å². The van der Waals surface area contributed by atoms with E-state index >= 15 is 0 Å². The Balaban J connectivity index is 4.11. The summed E-state index contributed by atoms with van der Waals surface area (Å²) < 4.78 is 16.9. The van der Waals surface area contributed by atoms with Crippen LogP contribution in [0.1, 0.15) is 348 Å². The highest BCUT2D eigenvalue weighted by Gasteiger charge is 2.19. The molecule has 0 saturated carbocycles. The number of rotatable bonds is 63. The lowest BCUT2D eigenvalue weighted by Gasteiger charge is -2.18. The number of hydrogen-bond acceptors (Lipinski definition) is 6. The first-order chi connectivity index (χ1) is 39.5. The van der Waals surface area contributed by atoms with Crippen molar-refractivity contribution in [3.05, 3.63) is 85.1 Å². The van der Waals surface area contributed by atoms with E-state index in [4.69, 9.17) is 14.2 Å². The van der Waals surface area contributed by atoms with Gasteiger partial charge in [0.05, 0.1) is 0 Å². The van der Waals surface area contributed by atoms with Gasteiger partial charge in [-0.15, -0.1) is 0 Å². The third kappa shape index (κ3) is 65.4. The van der Waals surface area contributed by atoms with Gasteiger partial charge >= 0.3 is 17.9 Å². The maximum atomic E-state index is 12.9. The molecule has 0 amide bonds. The van der Waals surface area contributed by atoms with E-state index in [0.29, 0.717) is 19.3 Å². The van der Waals surface area contributed by atoms with Crippen LogP contribution in [0, 0.1) is 0 Å². The summed E-state index contributed by atoms with van der Waals surface area (Å²) in [5.41, 5.74) is 0. The predicted octanol–water partition coefficient (Wildman–Crippen LogP) is 23.8. The summed E-state index contributed by atoms with van der Waals surface area (Å²) in [6.07, 6.45) is 90.4. The zero-order valence-electron chi connectivity index (χ0n) is 53.1. The Morgan fingerprint density at radius 3 is 0.787 bits per heavy atom. The van der Waals surface area contributed by atoms with Crippen molar-refractivity contribution in [1.29, 1.82) is 0 Å². The molecule has 462 valence electrons. The predicted molar refractivity (Wildman–Crippen MR) is 348 cm³/mol. The first kappa shape index (κ1) is 76.6. The van der Waals surface area contributed by atoms with Crippen LogP contribution in [-0.4, -0.2) is 37.2 Å². The Labute approximate surface area is 496 Å². The molecule has 0 aromatic carbocycles. The van der Waals surface area contributed by atoms with Gasteiger partial charge in [0.15, 0.2) is 6.10 Å². The van der Waals surface area contributed by atoms with E-state index in [0.717, 1.165) is 96.3 Å². The Bertz CT molecular complexity index is 1520. The largest absolute Gasteiger partial charge is 0.462 e. The lowest BCUT2D eigenvalue weighted by atomic mass is 10.0. The first-order valence-corrected chi connectivity index (χ1v) is 34.6. The highest BCUT2D eigenvalue weighted by atomic mass is 16.6. The average molecular weight is 1120 g/mol. The summed E-state index contributed by atoms with van der Waals surface area (Å²) in [6, 6.07) is 0. The second-order valence-electron chi connectivity index (χ2n) is 23.1. The maximum absolute atomic E-state index is 12.9. The number of esters is 3. The van der Waals surface area contributed by atoms with Gasteiger partial charge in [-0.2, -0.15) is 0 Å². The number of hydrogen-bond donors (Lipinski definition) is 0. The third-order valence-electron chi connectivity index (χ3n) is 15.1. The molecule has 0 aliphatic heterocycles. The molecule has 0 spiro atoms. The van der Waals surface area contributed by atoms with E-state index < -0.39 is 6.10 Å². The molecule has 0 heterocycles. The van der Waals surface area contributed by atoms with Crippen LogP contribution in [0.3, 0.4) is 0 Å². The SMILES string of the molecule is CC/C=C\C/C=C\C/C=C\C/C=C\C/C=C\CCCCCCCCCCCCCCCCCCCC(=O)OCC(COC(=O)CCCCCCCCCCCC)OC(=O)CCCCCCCCCCC/C=C\C/C=C\CCCCC. The van der Waals surface area contributed by atoms with Gasteiger partial charge < -0.3 is 14.2 Å². The van der Waals surface area contributed by atoms with Gasteiger partial charge in [-0.3, -0.25) is 14.4 Å². The standard InChI is InChI=1S/C74H130O6/c1-4-7-10-13-16-19-22-24-26-28-30-31-32-33-34-35-36-37-38-39-40-41-42-43-45-46-48-50-52-55-58-61-64-67-73(76)79-70-71(69-78-72(75)66-63-60-57-54-21-18-15-12-9-6-3)80-74(77)68-65-62-59-56-53-51-49-47-44-29-27-25-23-20-17-14-11-8-5-2/h7,10,16-17,19-20,24-27,30-31,33-34,71H,4-6,8-9,11-15,18,21-23,28-29,32,35-70H2,1-3H3/b10-7-,19-16-,20-17-,26-24-,27-25-,31-30-,34-33-. The molecule has 1 atom stereocenters. The van der Waals surface area contributed by atoms with E-state index in [2.05, 4.69) is 106 Å². The molecule has 1 unspecified atom stereocenters. The van der Waals surface area contributed by atoms with E-state index in [1.54, 1.807) is 0 Å². The van der Waals surface area contributed by atoms with E-state index in [1.165, 1.54) is 212 Å².